The third-order valence-electron chi connectivity index (χ3n) is 1.61. The second-order valence-electron chi connectivity index (χ2n) is 2.44. The fourth-order valence-corrected chi connectivity index (χ4v) is 1.01. The fraction of sp³-hybridized carbons (Fsp3) is 0.333. The Labute approximate surface area is 69.5 Å². The van der Waals surface area contributed by atoms with E-state index in [9.17, 15) is 4.79 Å². The van der Waals surface area contributed by atoms with Crippen molar-refractivity contribution in [3.05, 3.63) is 11.4 Å². The average Bonchev–Trinajstić information content (AvgIpc) is 2.26. The molecule has 0 aliphatic rings. The van der Waals surface area contributed by atoms with Crippen LogP contribution in [0.3, 0.4) is 0 Å². The van der Waals surface area contributed by atoms with Crippen molar-refractivity contribution in [1.29, 1.82) is 0 Å². The molecule has 1 rings (SSSR count). The first-order chi connectivity index (χ1) is 5.57. The lowest BCUT2D eigenvalue weighted by atomic mass is 10.3. The summed E-state index contributed by atoms with van der Waals surface area (Å²) in [6, 6.07) is 0. The molecular formula is C6H11N5O. The number of hydrogen-bond acceptors (Lipinski definition) is 4. The Bertz CT molecular complexity index is 316. The lowest BCUT2D eigenvalue weighted by Crippen LogP contribution is -2.32. The molecule has 0 saturated heterocycles. The molecule has 0 aliphatic carbocycles. The van der Waals surface area contributed by atoms with Crippen LogP contribution in [-0.4, -0.2) is 15.7 Å². The minimum Gasteiger partial charge on any atom is -0.395 e. The smallest absolute Gasteiger partial charge is 0.285 e. The highest BCUT2D eigenvalue weighted by Crippen LogP contribution is 2.14. The number of hydrazine groups is 1. The van der Waals surface area contributed by atoms with Gasteiger partial charge in [-0.15, -0.1) is 0 Å². The molecule has 0 bridgehead atoms. The highest BCUT2D eigenvalue weighted by Gasteiger charge is 2.16. The molecule has 6 heteroatoms. The minimum absolute atomic E-state index is 0.287. The maximum atomic E-state index is 11.1. The van der Waals surface area contributed by atoms with Crippen molar-refractivity contribution < 1.29 is 4.79 Å². The first-order valence-corrected chi connectivity index (χ1v) is 3.38. The normalized spacial score (nSPS) is 9.92. The number of carbonyl (C=O) groups is 1. The van der Waals surface area contributed by atoms with Gasteiger partial charge in [-0.1, -0.05) is 0 Å². The van der Waals surface area contributed by atoms with E-state index in [4.69, 9.17) is 11.6 Å². The molecule has 0 radical (unpaired) electrons. The number of amides is 1. The molecule has 1 heterocycles. The third-order valence-corrected chi connectivity index (χ3v) is 1.61. The van der Waals surface area contributed by atoms with Gasteiger partial charge < -0.3 is 5.73 Å². The number of nitrogen functional groups attached to an aromatic ring is 2. The molecule has 0 aromatic carbocycles. The number of carbonyl (C=O) groups excluding carboxylic acids is 1. The lowest BCUT2D eigenvalue weighted by molar-refractivity contribution is 0.0945. The molecule has 6 nitrogen and oxygen atoms in total. The van der Waals surface area contributed by atoms with Crippen molar-refractivity contribution in [3.8, 4) is 0 Å². The maximum absolute atomic E-state index is 11.1. The number of nitrogens with two attached hydrogens (primary N) is 2. The van der Waals surface area contributed by atoms with Gasteiger partial charge in [0.05, 0.1) is 11.4 Å². The maximum Gasteiger partial charge on any atom is 0.285 e. The van der Waals surface area contributed by atoms with Crippen LogP contribution in [0.1, 0.15) is 16.2 Å². The molecule has 1 aromatic rings. The number of nitrogens with zero attached hydrogens (tertiary/aromatic N) is 2. The van der Waals surface area contributed by atoms with Crippen LogP contribution in [0.25, 0.3) is 0 Å². The lowest BCUT2D eigenvalue weighted by Gasteiger charge is -1.99. The zero-order valence-corrected chi connectivity index (χ0v) is 6.96. The van der Waals surface area contributed by atoms with Crippen LogP contribution in [0.2, 0.25) is 0 Å². The van der Waals surface area contributed by atoms with Gasteiger partial charge in [-0.25, -0.2) is 5.84 Å². The first-order valence-electron chi connectivity index (χ1n) is 3.38. The van der Waals surface area contributed by atoms with Crippen LogP contribution >= 0.6 is 0 Å². The van der Waals surface area contributed by atoms with Crippen molar-refractivity contribution >= 4 is 11.6 Å². The zero-order valence-electron chi connectivity index (χ0n) is 6.96. The standard InChI is InChI=1S/C6H11N5O/c1-3-4(7)5(6(12)9-8)11(2)10-3/h7-8H2,1-2H3,(H,9,12). The Morgan fingerprint density at radius 3 is 2.58 bits per heavy atom. The molecule has 0 saturated carbocycles. The topological polar surface area (TPSA) is 99.0 Å². The van der Waals surface area contributed by atoms with Crippen LogP contribution < -0.4 is 17.0 Å². The Hall–Kier alpha value is -1.56. The van der Waals surface area contributed by atoms with E-state index in [1.54, 1.807) is 14.0 Å². The molecule has 0 unspecified atom stereocenters. The van der Waals surface area contributed by atoms with Crippen molar-refractivity contribution in [1.82, 2.24) is 15.2 Å². The molecule has 5 N–H and O–H groups in total. The van der Waals surface area contributed by atoms with Gasteiger partial charge in [0.25, 0.3) is 5.91 Å². The van der Waals surface area contributed by atoms with Gasteiger partial charge in [0, 0.05) is 7.05 Å². The van der Waals surface area contributed by atoms with Gasteiger partial charge >= 0.3 is 0 Å². The summed E-state index contributed by atoms with van der Waals surface area (Å²) < 4.78 is 1.40. The van der Waals surface area contributed by atoms with Crippen LogP contribution in [0, 0.1) is 6.92 Å². The summed E-state index contributed by atoms with van der Waals surface area (Å²) in [6.07, 6.45) is 0. The number of rotatable bonds is 1. The van der Waals surface area contributed by atoms with E-state index in [-0.39, 0.29) is 5.69 Å². The predicted molar refractivity (Wildman–Crippen MR) is 44.0 cm³/mol. The highest BCUT2D eigenvalue weighted by atomic mass is 16.2. The van der Waals surface area contributed by atoms with Crippen molar-refractivity contribution in [2.75, 3.05) is 5.73 Å². The average molecular weight is 169 g/mol. The van der Waals surface area contributed by atoms with Crippen LogP contribution in [-0.2, 0) is 7.05 Å². The quantitative estimate of drug-likeness (QED) is 0.283. The second kappa shape index (κ2) is 2.82. The number of aryl methyl sites for hydroxylation is 2. The Morgan fingerprint density at radius 2 is 2.25 bits per heavy atom. The summed E-state index contributed by atoms with van der Waals surface area (Å²) in [7, 11) is 1.63. The van der Waals surface area contributed by atoms with E-state index in [0.717, 1.165) is 0 Å². The molecule has 0 aliphatic heterocycles. The fourth-order valence-electron chi connectivity index (χ4n) is 1.01. The predicted octanol–water partition coefficient (Wildman–Crippen LogP) is -1.09. The summed E-state index contributed by atoms with van der Waals surface area (Å²) in [4.78, 5) is 11.1. The Kier molecular flexibility index (Phi) is 2.01. The molecular weight excluding hydrogens is 158 g/mol. The molecule has 1 amide bonds. The first kappa shape index (κ1) is 8.54. The summed E-state index contributed by atoms with van der Waals surface area (Å²) >= 11 is 0. The van der Waals surface area contributed by atoms with Crippen molar-refractivity contribution in [2.45, 2.75) is 6.92 Å². The zero-order chi connectivity index (χ0) is 9.30. The van der Waals surface area contributed by atoms with Crippen LogP contribution in [0.15, 0.2) is 0 Å². The Balaban J connectivity index is 3.22. The van der Waals surface area contributed by atoms with Gasteiger partial charge in [0.2, 0.25) is 0 Å². The molecule has 66 valence electrons. The van der Waals surface area contributed by atoms with E-state index in [0.29, 0.717) is 11.4 Å². The number of anilines is 1. The van der Waals surface area contributed by atoms with E-state index in [1.807, 2.05) is 5.43 Å². The van der Waals surface area contributed by atoms with Crippen LogP contribution in [0.5, 0.6) is 0 Å². The summed E-state index contributed by atoms with van der Waals surface area (Å²) in [6.45, 7) is 1.72. The summed E-state index contributed by atoms with van der Waals surface area (Å²) in [5.41, 5.74) is 8.85. The van der Waals surface area contributed by atoms with E-state index >= 15 is 0 Å². The van der Waals surface area contributed by atoms with Crippen molar-refractivity contribution in [2.24, 2.45) is 12.9 Å². The third kappa shape index (κ3) is 1.12. The molecule has 12 heavy (non-hydrogen) atoms. The molecule has 0 atom stereocenters. The van der Waals surface area contributed by atoms with Gasteiger partial charge in [-0.3, -0.25) is 14.9 Å². The minimum atomic E-state index is -0.435. The van der Waals surface area contributed by atoms with Gasteiger partial charge in [0.15, 0.2) is 5.69 Å². The number of aromatic nitrogens is 2. The Morgan fingerprint density at radius 1 is 1.67 bits per heavy atom. The van der Waals surface area contributed by atoms with Gasteiger partial charge in [0.1, 0.15) is 0 Å². The SMILES string of the molecule is Cc1nn(C)c(C(=O)NN)c1N. The molecule has 0 spiro atoms. The van der Waals surface area contributed by atoms with E-state index in [2.05, 4.69) is 5.10 Å². The number of hydrogen-bond donors (Lipinski definition) is 3. The molecule has 0 fully saturated rings. The number of nitrogens with one attached hydrogen (secondary N) is 1. The largest absolute Gasteiger partial charge is 0.395 e. The van der Waals surface area contributed by atoms with Gasteiger partial charge in [-0.05, 0) is 6.92 Å². The molecule has 1 aromatic heterocycles. The van der Waals surface area contributed by atoms with Crippen LogP contribution in [0.4, 0.5) is 5.69 Å². The van der Waals surface area contributed by atoms with E-state index in [1.165, 1.54) is 4.68 Å². The van der Waals surface area contributed by atoms with Gasteiger partial charge in [-0.2, -0.15) is 5.10 Å². The monoisotopic (exact) mass is 169 g/mol. The van der Waals surface area contributed by atoms with Crippen molar-refractivity contribution in [3.63, 3.8) is 0 Å². The summed E-state index contributed by atoms with van der Waals surface area (Å²) in [5.74, 6) is 4.52. The summed E-state index contributed by atoms with van der Waals surface area (Å²) in [5, 5.41) is 3.95. The highest BCUT2D eigenvalue weighted by molar-refractivity contribution is 5.97. The van der Waals surface area contributed by atoms with E-state index < -0.39 is 5.91 Å². The second-order valence-corrected chi connectivity index (χ2v) is 2.44.